The summed E-state index contributed by atoms with van der Waals surface area (Å²) in [6.45, 7) is 0.107. The summed E-state index contributed by atoms with van der Waals surface area (Å²) in [6.07, 6.45) is -0.480. The molecule has 6 heteroatoms. The fraction of sp³-hybridized carbons (Fsp3) is 1.00. The lowest BCUT2D eigenvalue weighted by Gasteiger charge is -2.30. The third kappa shape index (κ3) is 2.60. The van der Waals surface area contributed by atoms with Crippen LogP contribution in [0, 0.1) is 5.92 Å². The Hall–Kier alpha value is -0.230. The van der Waals surface area contributed by atoms with E-state index in [9.17, 15) is 17.2 Å². The summed E-state index contributed by atoms with van der Waals surface area (Å²) in [6, 6.07) is 0. The number of nitrogens with two attached hydrogens (primary N) is 1. The highest BCUT2D eigenvalue weighted by atomic mass is 32.2. The van der Waals surface area contributed by atoms with Gasteiger partial charge in [0.25, 0.3) is 5.92 Å². The van der Waals surface area contributed by atoms with E-state index in [0.29, 0.717) is 0 Å². The van der Waals surface area contributed by atoms with Crippen LogP contribution in [-0.4, -0.2) is 32.4 Å². The lowest BCUT2D eigenvalue weighted by Crippen LogP contribution is -2.42. The molecule has 1 unspecified atom stereocenters. The van der Waals surface area contributed by atoms with E-state index < -0.39 is 39.6 Å². The second-order valence-corrected chi connectivity index (χ2v) is 5.63. The van der Waals surface area contributed by atoms with Gasteiger partial charge in [-0.3, -0.25) is 0 Å². The quantitative estimate of drug-likeness (QED) is 0.722. The zero-order valence-electron chi connectivity index (χ0n) is 7.17. The Morgan fingerprint density at radius 2 is 2.08 bits per heavy atom. The molecule has 13 heavy (non-hydrogen) atoms. The van der Waals surface area contributed by atoms with Crippen molar-refractivity contribution in [2.24, 2.45) is 11.7 Å². The first kappa shape index (κ1) is 10.8. The summed E-state index contributed by atoms with van der Waals surface area (Å²) in [7, 11) is -3.26. The van der Waals surface area contributed by atoms with Crippen LogP contribution in [-0.2, 0) is 9.84 Å². The molecule has 78 valence electrons. The molecule has 1 atom stereocenters. The van der Waals surface area contributed by atoms with Crippen molar-refractivity contribution in [3.05, 3.63) is 0 Å². The molecule has 1 aliphatic heterocycles. The van der Waals surface area contributed by atoms with Crippen LogP contribution in [0.3, 0.4) is 0 Å². The van der Waals surface area contributed by atoms with Crippen molar-refractivity contribution in [2.75, 3.05) is 18.1 Å². The smallest absolute Gasteiger partial charge is 0.252 e. The largest absolute Gasteiger partial charge is 0.330 e. The van der Waals surface area contributed by atoms with Gasteiger partial charge in [-0.1, -0.05) is 0 Å². The summed E-state index contributed by atoms with van der Waals surface area (Å²) in [5.74, 6) is -4.76. The third-order valence-corrected chi connectivity index (χ3v) is 4.05. The predicted molar refractivity (Wildman–Crippen MR) is 45.4 cm³/mol. The average molecular weight is 213 g/mol. The summed E-state index contributed by atoms with van der Waals surface area (Å²) < 4.78 is 48.3. The van der Waals surface area contributed by atoms with Gasteiger partial charge in [0.05, 0.1) is 11.5 Å². The average Bonchev–Trinajstić information content (AvgIpc) is 1.99. The molecule has 2 N–H and O–H groups in total. The Morgan fingerprint density at radius 3 is 2.62 bits per heavy atom. The van der Waals surface area contributed by atoms with Gasteiger partial charge >= 0.3 is 0 Å². The van der Waals surface area contributed by atoms with Crippen LogP contribution >= 0.6 is 0 Å². The molecule has 0 aliphatic carbocycles. The molecule has 0 amide bonds. The minimum absolute atomic E-state index is 0.0756. The monoisotopic (exact) mass is 213 g/mol. The van der Waals surface area contributed by atoms with Crippen molar-refractivity contribution in [1.82, 2.24) is 0 Å². The zero-order chi connectivity index (χ0) is 10.1. The van der Waals surface area contributed by atoms with Gasteiger partial charge in [0.15, 0.2) is 9.84 Å². The first-order valence-corrected chi connectivity index (χ1v) is 5.98. The van der Waals surface area contributed by atoms with E-state index >= 15 is 0 Å². The minimum atomic E-state index is -3.26. The molecule has 0 saturated carbocycles. The van der Waals surface area contributed by atoms with Crippen molar-refractivity contribution in [2.45, 2.75) is 18.8 Å². The molecular weight excluding hydrogens is 200 g/mol. The van der Waals surface area contributed by atoms with Crippen molar-refractivity contribution in [1.29, 1.82) is 0 Å². The maximum absolute atomic E-state index is 13.1. The summed E-state index contributed by atoms with van der Waals surface area (Å²) in [5, 5.41) is 0. The van der Waals surface area contributed by atoms with Crippen molar-refractivity contribution in [3.8, 4) is 0 Å². The Morgan fingerprint density at radius 1 is 1.46 bits per heavy atom. The summed E-state index contributed by atoms with van der Waals surface area (Å²) in [4.78, 5) is 0. The highest BCUT2D eigenvalue weighted by molar-refractivity contribution is 7.91. The lowest BCUT2D eigenvalue weighted by molar-refractivity contribution is -0.0582. The highest BCUT2D eigenvalue weighted by Crippen LogP contribution is 2.36. The maximum Gasteiger partial charge on any atom is 0.252 e. The Balaban J connectivity index is 2.75. The van der Waals surface area contributed by atoms with Crippen LogP contribution in [0.1, 0.15) is 12.8 Å². The summed E-state index contributed by atoms with van der Waals surface area (Å²) >= 11 is 0. The van der Waals surface area contributed by atoms with Crippen LogP contribution < -0.4 is 5.73 Å². The van der Waals surface area contributed by atoms with Crippen molar-refractivity contribution >= 4 is 9.84 Å². The molecule has 1 aliphatic rings. The van der Waals surface area contributed by atoms with E-state index in [0.717, 1.165) is 0 Å². The number of alkyl halides is 2. The second kappa shape index (κ2) is 3.49. The third-order valence-electron chi connectivity index (χ3n) is 2.31. The molecule has 0 aromatic heterocycles. The molecular formula is C7H13F2NO2S. The molecule has 0 aromatic carbocycles. The normalized spacial score (nSPS) is 31.5. The molecule has 1 rings (SSSR count). The topological polar surface area (TPSA) is 60.2 Å². The van der Waals surface area contributed by atoms with Gasteiger partial charge in [-0.05, 0) is 13.0 Å². The van der Waals surface area contributed by atoms with Crippen LogP contribution in [0.25, 0.3) is 0 Å². The fourth-order valence-electron chi connectivity index (χ4n) is 1.50. The van der Waals surface area contributed by atoms with Crippen molar-refractivity contribution < 1.29 is 17.2 Å². The Labute approximate surface area is 76.2 Å². The molecule has 1 fully saturated rings. The van der Waals surface area contributed by atoms with E-state index in [2.05, 4.69) is 0 Å². The van der Waals surface area contributed by atoms with Gasteiger partial charge < -0.3 is 5.73 Å². The Kier molecular flexibility index (Phi) is 2.91. The highest BCUT2D eigenvalue weighted by Gasteiger charge is 2.45. The van der Waals surface area contributed by atoms with E-state index in [1.54, 1.807) is 0 Å². The molecule has 0 bridgehead atoms. The molecule has 0 radical (unpaired) electrons. The molecule has 1 heterocycles. The van der Waals surface area contributed by atoms with Crippen LogP contribution in [0.4, 0.5) is 8.78 Å². The number of hydrogen-bond acceptors (Lipinski definition) is 3. The Bertz CT molecular complexity index is 276. The zero-order valence-corrected chi connectivity index (χ0v) is 7.99. The van der Waals surface area contributed by atoms with E-state index in [-0.39, 0.29) is 13.0 Å². The van der Waals surface area contributed by atoms with E-state index in [1.807, 2.05) is 0 Å². The van der Waals surface area contributed by atoms with Gasteiger partial charge in [0, 0.05) is 12.3 Å². The van der Waals surface area contributed by atoms with Gasteiger partial charge in [-0.15, -0.1) is 0 Å². The standard InChI is InChI=1S/C7H13F2NO2S/c8-7(9)2-4-13(11,12)5-6(7)1-3-10/h6H,1-5,10H2. The maximum atomic E-state index is 13.1. The molecule has 0 spiro atoms. The van der Waals surface area contributed by atoms with Crippen molar-refractivity contribution in [3.63, 3.8) is 0 Å². The van der Waals surface area contributed by atoms with E-state index in [1.165, 1.54) is 0 Å². The van der Waals surface area contributed by atoms with Crippen LogP contribution in [0.15, 0.2) is 0 Å². The first-order chi connectivity index (χ1) is 5.87. The lowest BCUT2D eigenvalue weighted by atomic mass is 9.97. The fourth-order valence-corrected chi connectivity index (χ4v) is 3.28. The van der Waals surface area contributed by atoms with Gasteiger partial charge in [0.2, 0.25) is 0 Å². The predicted octanol–water partition coefficient (Wildman–Crippen LogP) is 0.405. The van der Waals surface area contributed by atoms with E-state index in [4.69, 9.17) is 5.73 Å². The SMILES string of the molecule is NCCC1CS(=O)(=O)CCC1(F)F. The van der Waals surface area contributed by atoms with Gasteiger partial charge in [-0.25, -0.2) is 17.2 Å². The number of hydrogen-bond donors (Lipinski definition) is 1. The molecule has 3 nitrogen and oxygen atoms in total. The van der Waals surface area contributed by atoms with Crippen LogP contribution in [0.2, 0.25) is 0 Å². The molecule has 0 aromatic rings. The number of rotatable bonds is 2. The van der Waals surface area contributed by atoms with Crippen LogP contribution in [0.5, 0.6) is 0 Å². The number of sulfone groups is 1. The second-order valence-electron chi connectivity index (χ2n) is 3.40. The minimum Gasteiger partial charge on any atom is -0.330 e. The first-order valence-electron chi connectivity index (χ1n) is 4.16. The summed E-state index contributed by atoms with van der Waals surface area (Å²) in [5.41, 5.74) is 5.14. The van der Waals surface area contributed by atoms with Gasteiger partial charge in [0.1, 0.15) is 0 Å². The van der Waals surface area contributed by atoms with Gasteiger partial charge in [-0.2, -0.15) is 0 Å². The molecule has 1 saturated heterocycles. The number of halogens is 2.